The van der Waals surface area contributed by atoms with Crippen molar-refractivity contribution in [2.75, 3.05) is 11.6 Å². The van der Waals surface area contributed by atoms with E-state index < -0.39 is 0 Å². The molecule has 0 radical (unpaired) electrons. The lowest BCUT2D eigenvalue weighted by molar-refractivity contribution is -0.133. The van der Waals surface area contributed by atoms with Crippen molar-refractivity contribution in [2.24, 2.45) is 0 Å². The zero-order chi connectivity index (χ0) is 18.4. The predicted octanol–water partition coefficient (Wildman–Crippen LogP) is 5.55. The Morgan fingerprint density at radius 3 is 2.52 bits per heavy atom. The quantitative estimate of drug-likeness (QED) is 0.601. The fourth-order valence-electron chi connectivity index (χ4n) is 4.99. The van der Waals surface area contributed by atoms with Crippen LogP contribution >= 0.6 is 15.9 Å². The molecular weight excluding hydrogens is 400 g/mol. The Balaban J connectivity index is 1.79. The fourth-order valence-corrected chi connectivity index (χ4v) is 5.34. The number of carbonyl (C=O) groups excluding carboxylic acids is 1. The lowest BCUT2D eigenvalue weighted by Crippen LogP contribution is -2.55. The summed E-state index contributed by atoms with van der Waals surface area (Å²) >= 11 is 3.64. The summed E-state index contributed by atoms with van der Waals surface area (Å²) in [6.45, 7) is 0.764. The van der Waals surface area contributed by atoms with Crippen LogP contribution in [0.2, 0.25) is 0 Å². The first-order chi connectivity index (χ1) is 13.2. The summed E-state index contributed by atoms with van der Waals surface area (Å²) in [5, 5.41) is 4.35. The van der Waals surface area contributed by atoms with Crippen molar-refractivity contribution in [3.8, 4) is 0 Å². The molecule has 0 aromatic heterocycles. The van der Waals surface area contributed by atoms with Gasteiger partial charge >= 0.3 is 0 Å². The number of anilines is 1. The number of benzene rings is 2. The van der Waals surface area contributed by atoms with Gasteiger partial charge in [0.1, 0.15) is 0 Å². The Hall–Kier alpha value is -2.07. The van der Waals surface area contributed by atoms with Gasteiger partial charge < -0.3 is 0 Å². The second-order valence-corrected chi connectivity index (χ2v) is 8.74. The summed E-state index contributed by atoms with van der Waals surface area (Å²) in [6.07, 6.45) is 8.71. The van der Waals surface area contributed by atoms with Gasteiger partial charge in [-0.1, -0.05) is 71.6 Å². The van der Waals surface area contributed by atoms with Gasteiger partial charge in [-0.25, -0.2) is 5.01 Å². The van der Waals surface area contributed by atoms with Crippen molar-refractivity contribution in [2.45, 2.75) is 44.1 Å². The second-order valence-electron chi connectivity index (χ2n) is 7.83. The highest BCUT2D eigenvalue weighted by Gasteiger charge is 2.47. The standard InChI is InChI=1S/C23H23BrN2O/c24-18-9-10-19-20(17-7-3-1-4-8-17)16-23(12-5-2-6-13-23)26-22(27)11-14-25(26)21(19)15-18/h1,3-4,7-10,15-16H,2,5-6,11-14H2. The zero-order valence-electron chi connectivity index (χ0n) is 15.3. The summed E-state index contributed by atoms with van der Waals surface area (Å²) in [5.74, 6) is 0.258. The maximum atomic E-state index is 13.0. The van der Waals surface area contributed by atoms with Gasteiger partial charge in [-0.3, -0.25) is 9.80 Å². The topological polar surface area (TPSA) is 23.6 Å². The van der Waals surface area contributed by atoms with Gasteiger partial charge in [0.25, 0.3) is 0 Å². The van der Waals surface area contributed by atoms with Gasteiger partial charge in [0.15, 0.2) is 0 Å². The van der Waals surface area contributed by atoms with E-state index in [4.69, 9.17) is 0 Å². The zero-order valence-corrected chi connectivity index (χ0v) is 16.9. The van der Waals surface area contributed by atoms with Crippen LogP contribution in [0, 0.1) is 0 Å². The summed E-state index contributed by atoms with van der Waals surface area (Å²) in [4.78, 5) is 13.0. The van der Waals surface area contributed by atoms with Crippen LogP contribution in [0.1, 0.15) is 49.7 Å². The Morgan fingerprint density at radius 1 is 0.963 bits per heavy atom. The molecule has 4 heteroatoms. The van der Waals surface area contributed by atoms with Crippen molar-refractivity contribution >= 4 is 33.1 Å². The normalized spacial score (nSPS) is 20.9. The predicted molar refractivity (Wildman–Crippen MR) is 112 cm³/mol. The van der Waals surface area contributed by atoms with E-state index >= 15 is 0 Å². The van der Waals surface area contributed by atoms with E-state index in [1.807, 2.05) is 0 Å². The van der Waals surface area contributed by atoms with Crippen LogP contribution in [0.3, 0.4) is 0 Å². The van der Waals surface area contributed by atoms with Crippen LogP contribution in [0.5, 0.6) is 0 Å². The number of carbonyl (C=O) groups is 1. The van der Waals surface area contributed by atoms with Crippen molar-refractivity contribution < 1.29 is 4.79 Å². The number of rotatable bonds is 1. The number of hydrogen-bond donors (Lipinski definition) is 0. The largest absolute Gasteiger partial charge is 0.281 e. The molecule has 1 saturated carbocycles. The first-order valence-electron chi connectivity index (χ1n) is 9.87. The molecule has 1 aliphatic carbocycles. The van der Waals surface area contributed by atoms with E-state index in [1.165, 1.54) is 36.0 Å². The second kappa shape index (κ2) is 6.52. The molecule has 27 heavy (non-hydrogen) atoms. The summed E-state index contributed by atoms with van der Waals surface area (Å²) in [7, 11) is 0. The number of fused-ring (bicyclic) bond motifs is 4. The molecule has 2 aromatic rings. The molecule has 3 nitrogen and oxygen atoms in total. The van der Waals surface area contributed by atoms with Gasteiger partial charge in [-0.15, -0.1) is 0 Å². The number of hydrazine groups is 1. The van der Waals surface area contributed by atoms with E-state index in [0.717, 1.165) is 29.5 Å². The van der Waals surface area contributed by atoms with Crippen molar-refractivity contribution in [3.05, 3.63) is 70.2 Å². The van der Waals surface area contributed by atoms with Crippen LogP contribution < -0.4 is 5.01 Å². The highest BCUT2D eigenvalue weighted by molar-refractivity contribution is 9.10. The molecule has 0 N–H and O–H groups in total. The van der Waals surface area contributed by atoms with Crippen LogP contribution in [0.25, 0.3) is 5.57 Å². The SMILES string of the molecule is O=C1CCN2c3cc(Br)ccc3C(c3ccccc3)=CC3(CCCCC3)N12. The molecule has 5 rings (SSSR count). The van der Waals surface area contributed by atoms with Crippen molar-refractivity contribution in [1.82, 2.24) is 5.01 Å². The van der Waals surface area contributed by atoms with Gasteiger partial charge in [0.2, 0.25) is 5.91 Å². The Morgan fingerprint density at radius 2 is 1.74 bits per heavy atom. The number of amides is 1. The number of nitrogens with zero attached hydrogens (tertiary/aromatic N) is 2. The van der Waals surface area contributed by atoms with Gasteiger partial charge in [-0.2, -0.15) is 0 Å². The first kappa shape index (κ1) is 17.1. The smallest absolute Gasteiger partial charge is 0.243 e. The van der Waals surface area contributed by atoms with Gasteiger partial charge in [0.05, 0.1) is 11.2 Å². The van der Waals surface area contributed by atoms with Crippen molar-refractivity contribution in [1.29, 1.82) is 0 Å². The number of hydrogen-bond acceptors (Lipinski definition) is 2. The van der Waals surface area contributed by atoms with E-state index in [0.29, 0.717) is 6.42 Å². The fraction of sp³-hybridized carbons (Fsp3) is 0.348. The molecule has 0 bridgehead atoms. The third-order valence-electron chi connectivity index (χ3n) is 6.18. The highest BCUT2D eigenvalue weighted by Crippen LogP contribution is 2.47. The van der Waals surface area contributed by atoms with Gasteiger partial charge in [0, 0.05) is 23.0 Å². The molecule has 1 amide bonds. The maximum absolute atomic E-state index is 13.0. The molecule has 2 heterocycles. The molecule has 3 aliphatic rings. The number of halogens is 1. The first-order valence-corrected chi connectivity index (χ1v) is 10.7. The van der Waals surface area contributed by atoms with Crippen LogP contribution in [-0.2, 0) is 4.79 Å². The van der Waals surface area contributed by atoms with Crippen LogP contribution in [0.4, 0.5) is 5.69 Å². The van der Waals surface area contributed by atoms with E-state index in [2.05, 4.69) is 80.6 Å². The average Bonchev–Trinajstić information content (AvgIpc) is 3.05. The molecule has 2 aromatic carbocycles. The molecule has 138 valence electrons. The highest BCUT2D eigenvalue weighted by atomic mass is 79.9. The minimum absolute atomic E-state index is 0.206. The third kappa shape index (κ3) is 2.73. The average molecular weight is 423 g/mol. The third-order valence-corrected chi connectivity index (χ3v) is 6.68. The maximum Gasteiger partial charge on any atom is 0.243 e. The molecule has 2 aliphatic heterocycles. The monoisotopic (exact) mass is 422 g/mol. The Kier molecular flexibility index (Phi) is 4.12. The summed E-state index contributed by atoms with van der Waals surface area (Å²) < 4.78 is 1.05. The lowest BCUT2D eigenvalue weighted by atomic mass is 9.78. The molecule has 0 unspecified atom stereocenters. The molecule has 1 saturated heterocycles. The van der Waals surface area contributed by atoms with E-state index in [-0.39, 0.29) is 11.4 Å². The van der Waals surface area contributed by atoms with Gasteiger partial charge in [-0.05, 0) is 42.2 Å². The summed E-state index contributed by atoms with van der Waals surface area (Å²) in [6, 6.07) is 17.1. The molecule has 0 atom stereocenters. The summed E-state index contributed by atoms with van der Waals surface area (Å²) in [5.41, 5.74) is 4.62. The molecular formula is C23H23BrN2O. The van der Waals surface area contributed by atoms with Crippen LogP contribution in [-0.4, -0.2) is 23.0 Å². The molecule has 1 spiro atoms. The Bertz CT molecular complexity index is 915. The minimum Gasteiger partial charge on any atom is -0.281 e. The van der Waals surface area contributed by atoms with Crippen molar-refractivity contribution in [3.63, 3.8) is 0 Å². The van der Waals surface area contributed by atoms with E-state index in [9.17, 15) is 4.79 Å². The van der Waals surface area contributed by atoms with Crippen LogP contribution in [0.15, 0.2) is 59.1 Å². The lowest BCUT2D eigenvalue weighted by Gasteiger charge is -2.46. The minimum atomic E-state index is -0.206. The van der Waals surface area contributed by atoms with E-state index in [1.54, 1.807) is 0 Å². The molecule has 2 fully saturated rings. The Labute approximate surface area is 168 Å².